The minimum absolute atomic E-state index is 0.374. The highest BCUT2D eigenvalue weighted by Gasteiger charge is 2.53. The number of hydrogen-bond acceptors (Lipinski definition) is 4. The lowest BCUT2D eigenvalue weighted by Gasteiger charge is -2.32. The molecule has 2 fully saturated rings. The van der Waals surface area contributed by atoms with E-state index in [1.165, 1.54) is 0 Å². The van der Waals surface area contributed by atoms with E-state index in [1.807, 2.05) is 0 Å². The Morgan fingerprint density at radius 2 is 1.06 bits per heavy atom. The Balaban J connectivity index is 1.63. The summed E-state index contributed by atoms with van der Waals surface area (Å²) in [4.78, 5) is 0. The van der Waals surface area contributed by atoms with Gasteiger partial charge in [0.1, 0.15) is 0 Å². The summed E-state index contributed by atoms with van der Waals surface area (Å²) in [5.74, 6) is 0. The molecule has 0 spiro atoms. The van der Waals surface area contributed by atoms with Crippen LogP contribution in [-0.2, 0) is 18.6 Å². The van der Waals surface area contributed by atoms with Gasteiger partial charge in [0.15, 0.2) is 0 Å². The highest BCUT2D eigenvalue weighted by Crippen LogP contribution is 2.39. The van der Waals surface area contributed by atoms with Crippen LogP contribution in [0.4, 0.5) is 0 Å². The normalized spacial score (nSPS) is 22.8. The SMILES string of the molecule is Cc1c(-c2ccc(B3OC(C)(C)C(C)(C)O3)c(Br)c2)ccc(B2OC(C)(C)C(C)(C)O2)c1Br. The lowest BCUT2D eigenvalue weighted by atomic mass is 9.76. The molecule has 33 heavy (non-hydrogen) atoms. The topological polar surface area (TPSA) is 36.9 Å². The Morgan fingerprint density at radius 3 is 1.52 bits per heavy atom. The van der Waals surface area contributed by atoms with E-state index in [2.05, 4.69) is 125 Å². The molecule has 0 atom stereocenters. The first-order valence-corrected chi connectivity index (χ1v) is 12.9. The predicted octanol–water partition coefficient (Wildman–Crippen LogP) is 5.79. The van der Waals surface area contributed by atoms with Gasteiger partial charge in [0.25, 0.3) is 0 Å². The molecule has 176 valence electrons. The maximum atomic E-state index is 6.27. The number of hydrogen-bond donors (Lipinski definition) is 0. The molecule has 0 bridgehead atoms. The largest absolute Gasteiger partial charge is 0.496 e. The molecule has 2 saturated heterocycles. The molecule has 0 aliphatic carbocycles. The van der Waals surface area contributed by atoms with Gasteiger partial charge in [0, 0.05) is 8.95 Å². The minimum atomic E-state index is -0.408. The molecule has 2 aliphatic heterocycles. The van der Waals surface area contributed by atoms with Gasteiger partial charge in [-0.25, -0.2) is 0 Å². The monoisotopic (exact) mass is 576 g/mol. The minimum Gasteiger partial charge on any atom is -0.399 e. The molecule has 4 nitrogen and oxygen atoms in total. The van der Waals surface area contributed by atoms with E-state index < -0.39 is 14.2 Å². The van der Waals surface area contributed by atoms with Crippen molar-refractivity contribution in [2.24, 2.45) is 0 Å². The summed E-state index contributed by atoms with van der Waals surface area (Å²) in [5, 5.41) is 0. The summed E-state index contributed by atoms with van der Waals surface area (Å²) in [6.45, 7) is 18.7. The number of rotatable bonds is 3. The molecule has 0 aromatic heterocycles. The Labute approximate surface area is 215 Å². The third-order valence-corrected chi connectivity index (χ3v) is 9.48. The zero-order valence-corrected chi connectivity index (χ0v) is 24.1. The van der Waals surface area contributed by atoms with Crippen molar-refractivity contribution in [2.45, 2.75) is 84.7 Å². The molecule has 4 rings (SSSR count). The van der Waals surface area contributed by atoms with E-state index in [9.17, 15) is 0 Å². The lowest BCUT2D eigenvalue weighted by Crippen LogP contribution is -2.41. The second kappa shape index (κ2) is 8.21. The highest BCUT2D eigenvalue weighted by molar-refractivity contribution is 9.11. The van der Waals surface area contributed by atoms with Crippen molar-refractivity contribution in [3.8, 4) is 11.1 Å². The first-order valence-electron chi connectivity index (χ1n) is 11.4. The predicted molar refractivity (Wildman–Crippen MR) is 143 cm³/mol. The molecule has 2 aromatic carbocycles. The van der Waals surface area contributed by atoms with Crippen LogP contribution in [0.5, 0.6) is 0 Å². The van der Waals surface area contributed by atoms with E-state index in [1.54, 1.807) is 0 Å². The van der Waals surface area contributed by atoms with Crippen LogP contribution in [0.25, 0.3) is 11.1 Å². The van der Waals surface area contributed by atoms with E-state index >= 15 is 0 Å². The van der Waals surface area contributed by atoms with Crippen molar-refractivity contribution in [1.82, 2.24) is 0 Å². The Kier molecular flexibility index (Phi) is 6.33. The van der Waals surface area contributed by atoms with Gasteiger partial charge in [0.2, 0.25) is 0 Å². The molecule has 0 radical (unpaired) electrons. The third kappa shape index (κ3) is 4.30. The summed E-state index contributed by atoms with van der Waals surface area (Å²) in [7, 11) is -0.813. The Bertz CT molecular complexity index is 1070. The fraction of sp³-hybridized carbons (Fsp3) is 0.520. The van der Waals surface area contributed by atoms with Crippen molar-refractivity contribution >= 4 is 57.0 Å². The Morgan fingerprint density at radius 1 is 0.636 bits per heavy atom. The average Bonchev–Trinajstić information content (AvgIpc) is 3.03. The van der Waals surface area contributed by atoms with Gasteiger partial charge in [-0.2, -0.15) is 0 Å². The molecule has 0 amide bonds. The van der Waals surface area contributed by atoms with Gasteiger partial charge >= 0.3 is 14.2 Å². The van der Waals surface area contributed by atoms with Crippen LogP contribution in [0.15, 0.2) is 39.3 Å². The fourth-order valence-electron chi connectivity index (χ4n) is 4.03. The van der Waals surface area contributed by atoms with Crippen LogP contribution in [0.2, 0.25) is 0 Å². The summed E-state index contributed by atoms with van der Waals surface area (Å²) >= 11 is 7.57. The third-order valence-electron chi connectivity index (χ3n) is 7.74. The van der Waals surface area contributed by atoms with Crippen LogP contribution in [0.3, 0.4) is 0 Å². The zero-order valence-electron chi connectivity index (χ0n) is 20.9. The maximum absolute atomic E-state index is 6.27. The first-order chi connectivity index (χ1) is 15.1. The molecule has 0 unspecified atom stereocenters. The standard InChI is InChI=1S/C25H32B2Br2O4/c1-15-17(11-13-19(21(15)29)27-32-24(6,7)25(8,9)33-27)16-10-12-18(20(28)14-16)26-30-22(2,3)23(4,5)31-26/h10-14H,1-9H3. The highest BCUT2D eigenvalue weighted by atomic mass is 79.9. The lowest BCUT2D eigenvalue weighted by molar-refractivity contribution is 0.00578. The van der Waals surface area contributed by atoms with E-state index in [-0.39, 0.29) is 22.4 Å². The van der Waals surface area contributed by atoms with Gasteiger partial charge in [0.05, 0.1) is 22.4 Å². The molecule has 2 aliphatic rings. The molecule has 0 N–H and O–H groups in total. The molecular formula is C25H32B2Br2O4. The number of benzene rings is 2. The summed E-state index contributed by atoms with van der Waals surface area (Å²) in [5.41, 5.74) is 3.88. The summed E-state index contributed by atoms with van der Waals surface area (Å²) < 4.78 is 27.0. The van der Waals surface area contributed by atoms with Gasteiger partial charge in [-0.1, -0.05) is 56.1 Å². The fourth-order valence-corrected chi connectivity index (χ4v) is 5.13. The van der Waals surface area contributed by atoms with Crippen LogP contribution in [0, 0.1) is 6.92 Å². The van der Waals surface area contributed by atoms with Crippen molar-refractivity contribution in [1.29, 1.82) is 0 Å². The van der Waals surface area contributed by atoms with Crippen molar-refractivity contribution < 1.29 is 18.6 Å². The second-order valence-electron chi connectivity index (χ2n) is 11.1. The molecule has 0 saturated carbocycles. The molecule has 8 heteroatoms. The van der Waals surface area contributed by atoms with Crippen LogP contribution >= 0.6 is 31.9 Å². The second-order valence-corrected chi connectivity index (χ2v) is 12.7. The molecular weight excluding hydrogens is 546 g/mol. The average molecular weight is 578 g/mol. The van der Waals surface area contributed by atoms with E-state index in [0.717, 1.165) is 36.6 Å². The first kappa shape index (κ1) is 25.5. The van der Waals surface area contributed by atoms with Crippen molar-refractivity contribution in [3.63, 3.8) is 0 Å². The molecule has 2 heterocycles. The maximum Gasteiger partial charge on any atom is 0.496 e. The van der Waals surface area contributed by atoms with Crippen LogP contribution < -0.4 is 10.9 Å². The molecule has 2 aromatic rings. The van der Waals surface area contributed by atoms with E-state index in [4.69, 9.17) is 18.6 Å². The van der Waals surface area contributed by atoms with Gasteiger partial charge in [-0.3, -0.25) is 0 Å². The summed E-state index contributed by atoms with van der Waals surface area (Å²) in [6.07, 6.45) is 0. The van der Waals surface area contributed by atoms with Gasteiger partial charge < -0.3 is 18.6 Å². The van der Waals surface area contributed by atoms with Crippen molar-refractivity contribution in [3.05, 3.63) is 44.8 Å². The zero-order chi connectivity index (χ0) is 24.6. The summed E-state index contributed by atoms with van der Waals surface area (Å²) in [6, 6.07) is 10.6. The smallest absolute Gasteiger partial charge is 0.399 e. The van der Waals surface area contributed by atoms with Crippen LogP contribution in [0.1, 0.15) is 61.0 Å². The number of halogens is 2. The van der Waals surface area contributed by atoms with Gasteiger partial charge in [-0.15, -0.1) is 0 Å². The van der Waals surface area contributed by atoms with Crippen molar-refractivity contribution in [2.75, 3.05) is 0 Å². The van der Waals surface area contributed by atoms with E-state index in [0.29, 0.717) is 0 Å². The quantitative estimate of drug-likeness (QED) is 0.433. The van der Waals surface area contributed by atoms with Gasteiger partial charge in [-0.05, 0) is 96.0 Å². The van der Waals surface area contributed by atoms with Crippen LogP contribution in [-0.4, -0.2) is 36.6 Å². The Hall–Kier alpha value is -0.630.